The molecular weight excluding hydrogens is 282 g/mol. The molecule has 2 rings (SSSR count). The number of rotatable bonds is 4. The van der Waals surface area contributed by atoms with Crippen LogP contribution in [0.1, 0.15) is 11.8 Å². The Labute approximate surface area is 118 Å². The minimum Gasteiger partial charge on any atom is -0.372 e. The molecule has 1 aliphatic heterocycles. The highest BCUT2D eigenvalue weighted by Gasteiger charge is 2.33. The maximum atomic E-state index is 12.2. The first-order chi connectivity index (χ1) is 9.46. The zero-order chi connectivity index (χ0) is 14.8. The van der Waals surface area contributed by atoms with Crippen molar-refractivity contribution in [3.05, 3.63) is 18.1 Å². The summed E-state index contributed by atoms with van der Waals surface area (Å²) in [7, 11) is 1.33. The zero-order valence-corrected chi connectivity index (χ0v) is 12.6. The van der Waals surface area contributed by atoms with E-state index in [4.69, 9.17) is 4.74 Å². The molecule has 1 aromatic heterocycles. The van der Waals surface area contributed by atoms with Crippen molar-refractivity contribution in [1.82, 2.24) is 18.6 Å². The Bertz CT molecular complexity index is 563. The lowest BCUT2D eigenvalue weighted by atomic mass is 10.2. The van der Waals surface area contributed by atoms with Crippen molar-refractivity contribution in [2.75, 3.05) is 46.2 Å². The van der Waals surface area contributed by atoms with Gasteiger partial charge in [-0.05, 0) is 0 Å². The van der Waals surface area contributed by atoms with E-state index >= 15 is 0 Å². The number of hydrogen-bond donors (Lipinski definition) is 1. The fraction of sp³-hybridized carbons (Fsp3) is 0.636. The van der Waals surface area contributed by atoms with Crippen LogP contribution in [0.15, 0.2) is 12.4 Å². The molecule has 0 spiro atoms. The van der Waals surface area contributed by atoms with E-state index < -0.39 is 16.3 Å². The van der Waals surface area contributed by atoms with E-state index in [9.17, 15) is 8.42 Å². The predicted octanol–water partition coefficient (Wildman–Crippen LogP) is -0.302. The maximum absolute atomic E-state index is 12.2. The molecule has 0 unspecified atom stereocenters. The first-order valence-electron chi connectivity index (χ1n) is 6.24. The molecule has 9 heteroatoms. The highest BCUT2D eigenvalue weighted by atomic mass is 32.2. The Morgan fingerprint density at radius 3 is 2.75 bits per heavy atom. The third-order valence-electron chi connectivity index (χ3n) is 3.09. The normalized spacial score (nSPS) is 21.1. The van der Waals surface area contributed by atoms with Crippen molar-refractivity contribution in [2.24, 2.45) is 0 Å². The minimum absolute atomic E-state index is 0.230. The lowest BCUT2D eigenvalue weighted by Gasteiger charge is -2.33. The first kappa shape index (κ1) is 15.1. The van der Waals surface area contributed by atoms with Crippen LogP contribution in [0.5, 0.6) is 0 Å². The third-order valence-corrected chi connectivity index (χ3v) is 4.99. The maximum Gasteiger partial charge on any atom is 0.281 e. The van der Waals surface area contributed by atoms with Crippen LogP contribution >= 0.6 is 0 Å². The third kappa shape index (κ3) is 2.90. The van der Waals surface area contributed by atoms with E-state index in [0.717, 1.165) is 0 Å². The van der Waals surface area contributed by atoms with Gasteiger partial charge in [0.2, 0.25) is 0 Å². The van der Waals surface area contributed by atoms with Gasteiger partial charge in [-0.15, -0.1) is 0 Å². The van der Waals surface area contributed by atoms with E-state index in [1.165, 1.54) is 22.7 Å². The summed E-state index contributed by atoms with van der Waals surface area (Å²) >= 11 is 0. The number of aromatic nitrogens is 2. The summed E-state index contributed by atoms with van der Waals surface area (Å²) in [4.78, 5) is 8.41. The number of morpholine rings is 1. The van der Waals surface area contributed by atoms with Crippen LogP contribution in [0.4, 0.5) is 5.82 Å². The molecule has 0 aliphatic carbocycles. The second-order valence-corrected chi connectivity index (χ2v) is 6.69. The standard InChI is InChI=1S/C11H19N5O3S/c1-12-11-10(13-4-5-14-11)9-8-16(6-7-19-9)20(17,18)15(2)3/h4-5,9H,6-8H2,1-3H3,(H,12,14)/t9-/m1/s1. The Kier molecular flexibility index (Phi) is 4.53. The summed E-state index contributed by atoms with van der Waals surface area (Å²) in [6, 6.07) is 0. The summed E-state index contributed by atoms with van der Waals surface area (Å²) in [5.74, 6) is 0.599. The summed E-state index contributed by atoms with van der Waals surface area (Å²) < 4.78 is 32.6. The topological polar surface area (TPSA) is 87.7 Å². The molecule has 0 bridgehead atoms. The number of nitrogens with one attached hydrogen (secondary N) is 1. The molecule has 112 valence electrons. The number of anilines is 1. The number of hydrogen-bond acceptors (Lipinski definition) is 6. The van der Waals surface area contributed by atoms with Crippen LogP contribution in [0.3, 0.4) is 0 Å². The van der Waals surface area contributed by atoms with Crippen molar-refractivity contribution in [3.8, 4) is 0 Å². The lowest BCUT2D eigenvalue weighted by molar-refractivity contribution is -0.00597. The molecule has 0 amide bonds. The molecule has 8 nitrogen and oxygen atoms in total. The van der Waals surface area contributed by atoms with E-state index in [-0.39, 0.29) is 6.54 Å². The molecule has 1 aromatic rings. The van der Waals surface area contributed by atoms with E-state index in [2.05, 4.69) is 15.3 Å². The van der Waals surface area contributed by atoms with E-state index in [1.807, 2.05) is 0 Å². The van der Waals surface area contributed by atoms with E-state index in [1.54, 1.807) is 19.4 Å². The molecule has 2 heterocycles. The lowest BCUT2D eigenvalue weighted by Crippen LogP contribution is -2.47. The molecule has 1 saturated heterocycles. The quantitative estimate of drug-likeness (QED) is 0.821. The summed E-state index contributed by atoms with van der Waals surface area (Å²) in [6.45, 7) is 0.900. The van der Waals surface area contributed by atoms with Crippen LogP contribution in [-0.4, -0.2) is 67.8 Å². The van der Waals surface area contributed by atoms with Gasteiger partial charge < -0.3 is 10.1 Å². The Balaban J connectivity index is 2.23. The first-order valence-corrected chi connectivity index (χ1v) is 7.64. The van der Waals surface area contributed by atoms with Gasteiger partial charge in [-0.2, -0.15) is 17.0 Å². The minimum atomic E-state index is -3.44. The van der Waals surface area contributed by atoms with Crippen LogP contribution in [0, 0.1) is 0 Å². The van der Waals surface area contributed by atoms with Gasteiger partial charge in [0.15, 0.2) is 0 Å². The van der Waals surface area contributed by atoms with Crippen LogP contribution in [0.2, 0.25) is 0 Å². The van der Waals surface area contributed by atoms with Crippen molar-refractivity contribution in [3.63, 3.8) is 0 Å². The molecule has 20 heavy (non-hydrogen) atoms. The molecule has 0 saturated carbocycles. The Morgan fingerprint density at radius 2 is 2.10 bits per heavy atom. The van der Waals surface area contributed by atoms with Gasteiger partial charge in [0.05, 0.1) is 6.61 Å². The van der Waals surface area contributed by atoms with Gasteiger partial charge >= 0.3 is 0 Å². The molecule has 0 radical (unpaired) electrons. The van der Waals surface area contributed by atoms with Gasteiger partial charge in [0.1, 0.15) is 17.6 Å². The monoisotopic (exact) mass is 301 g/mol. The smallest absolute Gasteiger partial charge is 0.281 e. The Hall–Kier alpha value is -1.29. The van der Waals surface area contributed by atoms with Gasteiger partial charge in [-0.25, -0.2) is 4.98 Å². The Morgan fingerprint density at radius 1 is 1.40 bits per heavy atom. The van der Waals surface area contributed by atoms with Crippen LogP contribution in [0.25, 0.3) is 0 Å². The molecular formula is C11H19N5O3S. The fourth-order valence-electron chi connectivity index (χ4n) is 2.01. The van der Waals surface area contributed by atoms with Crippen molar-refractivity contribution in [2.45, 2.75) is 6.10 Å². The molecule has 0 aromatic carbocycles. The average molecular weight is 301 g/mol. The van der Waals surface area contributed by atoms with Gasteiger partial charge in [0.25, 0.3) is 10.2 Å². The molecule has 1 fully saturated rings. The summed E-state index contributed by atoms with van der Waals surface area (Å²) in [6.07, 6.45) is 2.72. The second-order valence-electron chi connectivity index (χ2n) is 4.55. The highest BCUT2D eigenvalue weighted by Crippen LogP contribution is 2.26. The van der Waals surface area contributed by atoms with Gasteiger partial charge in [-0.1, -0.05) is 0 Å². The van der Waals surface area contributed by atoms with Crippen LogP contribution in [-0.2, 0) is 14.9 Å². The van der Waals surface area contributed by atoms with E-state index in [0.29, 0.717) is 24.7 Å². The number of nitrogens with zero attached hydrogens (tertiary/aromatic N) is 4. The molecule has 1 atom stereocenters. The SMILES string of the molecule is CNc1nccnc1[C@H]1CN(S(=O)(=O)N(C)C)CCO1. The van der Waals surface area contributed by atoms with Gasteiger partial charge in [-0.3, -0.25) is 4.98 Å². The number of ether oxygens (including phenoxy) is 1. The fourth-order valence-corrected chi connectivity index (χ4v) is 3.10. The summed E-state index contributed by atoms with van der Waals surface area (Å²) in [5.41, 5.74) is 0.619. The largest absolute Gasteiger partial charge is 0.372 e. The summed E-state index contributed by atoms with van der Waals surface area (Å²) in [5, 5.41) is 2.94. The highest BCUT2D eigenvalue weighted by molar-refractivity contribution is 7.86. The van der Waals surface area contributed by atoms with Gasteiger partial charge in [0, 0.05) is 46.6 Å². The van der Waals surface area contributed by atoms with Crippen molar-refractivity contribution < 1.29 is 13.2 Å². The molecule has 1 aliphatic rings. The second kappa shape index (κ2) is 6.00. The van der Waals surface area contributed by atoms with Crippen LogP contribution < -0.4 is 5.32 Å². The van der Waals surface area contributed by atoms with Crippen molar-refractivity contribution in [1.29, 1.82) is 0 Å². The average Bonchev–Trinajstić information content (AvgIpc) is 2.47. The molecule has 1 N–H and O–H groups in total. The van der Waals surface area contributed by atoms with Crippen molar-refractivity contribution >= 4 is 16.0 Å². The predicted molar refractivity (Wildman–Crippen MR) is 74.5 cm³/mol. The zero-order valence-electron chi connectivity index (χ0n) is 11.8.